The van der Waals surface area contributed by atoms with Crippen molar-refractivity contribution in [1.82, 2.24) is 15.8 Å². The Labute approximate surface area is 217 Å². The van der Waals surface area contributed by atoms with Gasteiger partial charge in [-0.25, -0.2) is 8.42 Å². The van der Waals surface area contributed by atoms with Crippen LogP contribution < -0.4 is 15.8 Å². The van der Waals surface area contributed by atoms with Crippen molar-refractivity contribution < 1.29 is 32.5 Å². The second kappa shape index (κ2) is 8.56. The molecule has 2 unspecified atom stereocenters. The van der Waals surface area contributed by atoms with Crippen LogP contribution in [0.5, 0.6) is 0 Å². The van der Waals surface area contributed by atoms with E-state index in [4.69, 9.17) is 16.3 Å². The van der Waals surface area contributed by atoms with Crippen LogP contribution in [-0.2, 0) is 20.1 Å². The van der Waals surface area contributed by atoms with Crippen LogP contribution in [0.3, 0.4) is 0 Å². The highest BCUT2D eigenvalue weighted by molar-refractivity contribution is 7.94. The molecule has 2 aliphatic heterocycles. The number of carbonyl (C=O) groups is 3. The third-order valence-electron chi connectivity index (χ3n) is 5.83. The van der Waals surface area contributed by atoms with Gasteiger partial charge in [0.05, 0.1) is 14.8 Å². The molecule has 1 saturated heterocycles. The molecule has 3 N–H and O–H groups in total. The van der Waals surface area contributed by atoms with Crippen LogP contribution in [0, 0.1) is 0 Å². The zero-order chi connectivity index (χ0) is 26.7. The Morgan fingerprint density at radius 2 is 1.72 bits per heavy atom. The van der Waals surface area contributed by atoms with Crippen LogP contribution in [0.15, 0.2) is 36.4 Å². The summed E-state index contributed by atoms with van der Waals surface area (Å²) in [7, 11) is -3.86. The molecule has 1 aromatic carbocycles. The minimum absolute atomic E-state index is 0.168. The first-order chi connectivity index (χ1) is 16.6. The summed E-state index contributed by atoms with van der Waals surface area (Å²) in [6.45, 7) is 8.16. The number of rotatable bonds is 3. The summed E-state index contributed by atoms with van der Waals surface area (Å²) >= 11 is 7.43. The lowest BCUT2D eigenvalue weighted by atomic mass is 10.0. The van der Waals surface area contributed by atoms with Crippen molar-refractivity contribution in [3.63, 3.8) is 0 Å². The van der Waals surface area contributed by atoms with Crippen LogP contribution in [0.1, 0.15) is 59.5 Å². The SMILES string of the molecule is CC(C)(C)OC(=O)N1C2=[NH+]C(C)(c3sc(C(=O)NNC(=O)c4ccccc4)cc3Cl)CS(=O)(=O)C21C. The molecule has 2 aromatic rings. The standard InChI is InChI=1S/C23H25ClN4O6S2/c1-21(2,3)34-20(31)28-19-23(28,5)36(32,33)12-22(4,25-19)16-14(24)11-15(35-16)18(30)27-26-17(29)13-9-7-6-8-10-13/h6-11H,12H2,1-5H3,(H,26,29)(H,27,30)/p+1. The fourth-order valence-electron chi connectivity index (χ4n) is 3.98. The normalized spacial score (nSPS) is 24.3. The molecule has 36 heavy (non-hydrogen) atoms. The lowest BCUT2D eigenvalue weighted by Gasteiger charge is -2.24. The van der Waals surface area contributed by atoms with Crippen LogP contribution >= 0.6 is 22.9 Å². The lowest BCUT2D eigenvalue weighted by Crippen LogP contribution is -2.87. The van der Waals surface area contributed by atoms with Crippen LogP contribution in [0.25, 0.3) is 0 Å². The number of hydrazine groups is 1. The maximum absolute atomic E-state index is 13.3. The van der Waals surface area contributed by atoms with Crippen LogP contribution in [-0.4, -0.2) is 53.3 Å². The fourth-order valence-corrected chi connectivity index (χ4v) is 7.71. The minimum atomic E-state index is -3.86. The molecule has 3 heterocycles. The number of sulfone groups is 1. The Hall–Kier alpha value is -2.96. The summed E-state index contributed by atoms with van der Waals surface area (Å²) in [5, 5.41) is 0.179. The van der Waals surface area contributed by atoms with Crippen molar-refractivity contribution >= 4 is 56.5 Å². The van der Waals surface area contributed by atoms with Gasteiger partial charge in [0.15, 0.2) is 5.54 Å². The Morgan fingerprint density at radius 3 is 2.33 bits per heavy atom. The lowest BCUT2D eigenvalue weighted by molar-refractivity contribution is -0.551. The van der Waals surface area contributed by atoms with Crippen molar-refractivity contribution in [2.75, 3.05) is 5.75 Å². The first kappa shape index (κ1) is 26.1. The molecule has 2 aliphatic rings. The number of nitrogens with one attached hydrogen (secondary N) is 3. The molecule has 4 rings (SSSR count). The molecular weight excluding hydrogens is 528 g/mol. The van der Waals surface area contributed by atoms with Gasteiger partial charge in [0, 0.05) is 12.5 Å². The molecule has 10 nitrogen and oxygen atoms in total. The molecule has 0 radical (unpaired) electrons. The number of ether oxygens (including phenoxy) is 1. The molecule has 3 amide bonds. The number of nitrogens with zero attached hydrogens (tertiary/aromatic N) is 1. The van der Waals surface area contributed by atoms with Gasteiger partial charge in [-0.3, -0.25) is 25.4 Å². The van der Waals surface area contributed by atoms with Crippen molar-refractivity contribution in [3.05, 3.63) is 56.7 Å². The van der Waals surface area contributed by atoms with Crippen molar-refractivity contribution in [2.24, 2.45) is 0 Å². The molecule has 1 aromatic heterocycles. The predicted octanol–water partition coefficient (Wildman–Crippen LogP) is 1.57. The van der Waals surface area contributed by atoms with Gasteiger partial charge in [0.25, 0.3) is 11.8 Å². The number of thiophene rings is 1. The van der Waals surface area contributed by atoms with E-state index in [0.29, 0.717) is 10.4 Å². The Bertz CT molecular complexity index is 1400. The van der Waals surface area contributed by atoms with Gasteiger partial charge in [-0.2, -0.15) is 4.79 Å². The molecule has 13 heteroatoms. The molecule has 192 valence electrons. The second-order valence-corrected chi connectivity index (χ2v) is 13.7. The van der Waals surface area contributed by atoms with Gasteiger partial charge in [-0.05, 0) is 45.9 Å². The highest BCUT2D eigenvalue weighted by atomic mass is 35.5. The number of fused-ring (bicyclic) bond motifs is 1. The van der Waals surface area contributed by atoms with Crippen molar-refractivity contribution in [3.8, 4) is 0 Å². The number of benzene rings is 1. The van der Waals surface area contributed by atoms with Gasteiger partial charge in [-0.15, -0.1) is 16.2 Å². The molecule has 2 atom stereocenters. The van der Waals surface area contributed by atoms with Gasteiger partial charge in [0.2, 0.25) is 9.84 Å². The Kier molecular flexibility index (Phi) is 6.21. The topological polar surface area (TPSA) is 136 Å². The maximum Gasteiger partial charge on any atom is 0.509 e. The van der Waals surface area contributed by atoms with E-state index < -0.39 is 43.8 Å². The van der Waals surface area contributed by atoms with Crippen molar-refractivity contribution in [2.45, 2.75) is 50.6 Å². The van der Waals surface area contributed by atoms with E-state index in [-0.39, 0.29) is 21.5 Å². The third kappa shape index (κ3) is 4.48. The quantitative estimate of drug-likeness (QED) is 0.390. The average molecular weight is 554 g/mol. The van der Waals surface area contributed by atoms with E-state index >= 15 is 0 Å². The maximum atomic E-state index is 13.3. The number of halogens is 1. The summed E-state index contributed by atoms with van der Waals surface area (Å²) in [5.74, 6) is -1.29. The molecule has 0 saturated carbocycles. The molecule has 0 aliphatic carbocycles. The van der Waals surface area contributed by atoms with Crippen molar-refractivity contribution in [1.29, 1.82) is 0 Å². The molecule has 0 bridgehead atoms. The van der Waals surface area contributed by atoms with Crippen LogP contribution in [0.2, 0.25) is 5.02 Å². The number of carbonyl (C=O) groups excluding carboxylic acids is 3. The summed E-state index contributed by atoms with van der Waals surface area (Å²) in [4.78, 5) is 40.8. The minimum Gasteiger partial charge on any atom is -0.425 e. The van der Waals surface area contributed by atoms with E-state index in [1.165, 1.54) is 13.0 Å². The smallest absolute Gasteiger partial charge is 0.425 e. The van der Waals surface area contributed by atoms with E-state index in [9.17, 15) is 22.8 Å². The summed E-state index contributed by atoms with van der Waals surface area (Å²) in [5.41, 5.74) is 3.02. The van der Waals surface area contributed by atoms with Gasteiger partial charge in [0.1, 0.15) is 11.4 Å². The van der Waals surface area contributed by atoms with Crippen LogP contribution in [0.4, 0.5) is 4.79 Å². The van der Waals surface area contributed by atoms with Gasteiger partial charge < -0.3 is 4.74 Å². The zero-order valence-electron chi connectivity index (χ0n) is 20.3. The largest absolute Gasteiger partial charge is 0.509 e. The number of amides is 3. The Balaban J connectivity index is 1.57. The average Bonchev–Trinajstić information content (AvgIpc) is 3.18. The van der Waals surface area contributed by atoms with E-state index in [1.54, 1.807) is 58.0 Å². The van der Waals surface area contributed by atoms with E-state index in [2.05, 4.69) is 15.8 Å². The summed E-state index contributed by atoms with van der Waals surface area (Å²) in [6.07, 6.45) is -0.771. The number of hydrogen-bond donors (Lipinski definition) is 3. The zero-order valence-corrected chi connectivity index (χ0v) is 22.7. The highest BCUT2D eigenvalue weighted by Crippen LogP contribution is 2.45. The molecule has 1 fully saturated rings. The summed E-state index contributed by atoms with van der Waals surface area (Å²) < 4.78 is 32.0. The van der Waals surface area contributed by atoms with Gasteiger partial charge in [-0.1, -0.05) is 29.8 Å². The Morgan fingerprint density at radius 1 is 1.11 bits per heavy atom. The molecular formula is C23H26ClN4O6S2+. The third-order valence-corrected chi connectivity index (χ3v) is 10.2. The number of hydrogen-bond acceptors (Lipinski definition) is 7. The molecule has 0 spiro atoms. The van der Waals surface area contributed by atoms with E-state index in [1.807, 2.05) is 0 Å². The monoisotopic (exact) mass is 553 g/mol. The highest BCUT2D eigenvalue weighted by Gasteiger charge is 2.82. The summed E-state index contributed by atoms with van der Waals surface area (Å²) in [6, 6.07) is 9.76. The first-order valence-corrected chi connectivity index (χ1v) is 13.8. The second-order valence-electron chi connectivity index (χ2n) is 9.93. The van der Waals surface area contributed by atoms with Gasteiger partial charge >= 0.3 is 16.8 Å². The fraction of sp³-hybridized carbons (Fsp3) is 0.391. The number of amidine groups is 1. The van der Waals surface area contributed by atoms with E-state index in [0.717, 1.165) is 16.2 Å². The predicted molar refractivity (Wildman–Crippen MR) is 134 cm³/mol. The first-order valence-electron chi connectivity index (χ1n) is 11.0.